The van der Waals surface area contributed by atoms with E-state index in [1.54, 1.807) is 60.7 Å². The predicted molar refractivity (Wildman–Crippen MR) is 247 cm³/mol. The van der Waals surface area contributed by atoms with E-state index in [1.807, 2.05) is 74.5 Å². The highest BCUT2D eigenvalue weighted by molar-refractivity contribution is 6.13. The molecule has 0 aromatic heterocycles. The van der Waals surface area contributed by atoms with Gasteiger partial charge < -0.3 is 29.9 Å². The van der Waals surface area contributed by atoms with Crippen LogP contribution in [0.4, 0.5) is 0 Å². The molecule has 8 rings (SSSR count). The lowest BCUT2D eigenvalue weighted by Gasteiger charge is -2.32. The van der Waals surface area contributed by atoms with Gasteiger partial charge in [-0.1, -0.05) is 130 Å². The maximum atomic E-state index is 14.5. The highest BCUT2D eigenvalue weighted by Crippen LogP contribution is 2.63. The van der Waals surface area contributed by atoms with Crippen LogP contribution in [0.5, 0.6) is 23.0 Å². The number of carbonyl (C=O) groups is 2. The number of ketones is 2. The second kappa shape index (κ2) is 19.0. The molecular weight excluding hydrogens is 789 g/mol. The van der Waals surface area contributed by atoms with Gasteiger partial charge in [-0.2, -0.15) is 0 Å². The third-order valence-electron chi connectivity index (χ3n) is 13.8. The summed E-state index contributed by atoms with van der Waals surface area (Å²) in [6, 6.07) is 39.4. The highest BCUT2D eigenvalue weighted by atomic mass is 16.5. The third-order valence-corrected chi connectivity index (χ3v) is 13.8. The van der Waals surface area contributed by atoms with Crippen molar-refractivity contribution < 1.29 is 39.5 Å². The fourth-order valence-corrected chi connectivity index (χ4v) is 9.66. The summed E-state index contributed by atoms with van der Waals surface area (Å²) in [6.45, 7) is 11.3. The van der Waals surface area contributed by atoms with Gasteiger partial charge in [0, 0.05) is 60.1 Å². The third kappa shape index (κ3) is 8.88. The van der Waals surface area contributed by atoms with Crippen LogP contribution < -0.4 is 0 Å². The van der Waals surface area contributed by atoms with Crippen molar-refractivity contribution in [1.29, 1.82) is 0 Å². The summed E-state index contributed by atoms with van der Waals surface area (Å²) in [5.74, 6) is 0.116. The van der Waals surface area contributed by atoms with Gasteiger partial charge in [0.1, 0.15) is 28.8 Å². The Hall–Kier alpha value is -6.22. The lowest BCUT2D eigenvalue weighted by atomic mass is 9.70. The second-order valence-corrected chi connectivity index (χ2v) is 17.4. The Morgan fingerprint density at radius 3 is 1.33 bits per heavy atom. The van der Waals surface area contributed by atoms with Gasteiger partial charge in [0.05, 0.1) is 23.3 Å². The Morgan fingerprint density at radius 2 is 1.00 bits per heavy atom. The number of ether oxygens (including phenoxy) is 2. The van der Waals surface area contributed by atoms with Crippen LogP contribution in [0.15, 0.2) is 133 Å². The molecule has 0 aliphatic heterocycles. The average molecular weight is 847 g/mol. The van der Waals surface area contributed by atoms with Crippen LogP contribution >= 0.6 is 0 Å². The summed E-state index contributed by atoms with van der Waals surface area (Å²) in [5.41, 5.74) is 5.00. The quantitative estimate of drug-likeness (QED) is 0.0797. The van der Waals surface area contributed by atoms with Gasteiger partial charge in [0.2, 0.25) is 0 Å². The van der Waals surface area contributed by atoms with E-state index in [9.17, 15) is 30.0 Å². The van der Waals surface area contributed by atoms with Gasteiger partial charge in [0.15, 0.2) is 5.78 Å². The zero-order valence-electron chi connectivity index (χ0n) is 36.8. The zero-order chi connectivity index (χ0) is 44.9. The number of para-hydroxylation sites is 2. The molecule has 326 valence electrons. The van der Waals surface area contributed by atoms with Gasteiger partial charge in [-0.05, 0) is 84.5 Å². The molecule has 0 radical (unpaired) electrons. The van der Waals surface area contributed by atoms with E-state index >= 15 is 0 Å². The smallest absolute Gasteiger partial charge is 0.200 e. The van der Waals surface area contributed by atoms with Crippen molar-refractivity contribution in [2.75, 3.05) is 13.2 Å². The largest absolute Gasteiger partial charge is 0.507 e. The SMILES string of the molecule is CC12CCC(CC1=O)C2(C)C.CCOC(Cc1c(-c2ccccc2O)ccc(C(=O)c2ccc(-c3ccccc3O)c(CC(OCC)c3ccccc3)c2O)c1O)c1ccccc1. The summed E-state index contributed by atoms with van der Waals surface area (Å²) in [4.78, 5) is 26.1. The van der Waals surface area contributed by atoms with E-state index in [-0.39, 0.29) is 57.8 Å². The van der Waals surface area contributed by atoms with Gasteiger partial charge in [0.25, 0.3) is 0 Å². The van der Waals surface area contributed by atoms with Crippen molar-refractivity contribution in [2.24, 2.45) is 16.7 Å². The monoisotopic (exact) mass is 846 g/mol. The van der Waals surface area contributed by atoms with Crippen molar-refractivity contribution in [1.82, 2.24) is 0 Å². The van der Waals surface area contributed by atoms with Crippen LogP contribution in [0.3, 0.4) is 0 Å². The average Bonchev–Trinajstić information content (AvgIpc) is 3.61. The van der Waals surface area contributed by atoms with Gasteiger partial charge in [-0.15, -0.1) is 0 Å². The summed E-state index contributed by atoms with van der Waals surface area (Å²) < 4.78 is 12.3. The van der Waals surface area contributed by atoms with Crippen molar-refractivity contribution in [2.45, 2.75) is 78.9 Å². The first-order valence-corrected chi connectivity index (χ1v) is 22.0. The summed E-state index contributed by atoms with van der Waals surface area (Å²) in [7, 11) is 0. The molecule has 4 N–H and O–H groups in total. The summed E-state index contributed by atoms with van der Waals surface area (Å²) in [5, 5.41) is 45.7. The molecule has 6 aromatic carbocycles. The van der Waals surface area contributed by atoms with Crippen molar-refractivity contribution in [3.05, 3.63) is 167 Å². The number of Topliss-reactive ketones (excluding diaryl/α,β-unsaturated/α-hetero) is 1. The lowest BCUT2D eigenvalue weighted by Crippen LogP contribution is -2.32. The predicted octanol–water partition coefficient (Wildman–Crippen LogP) is 12.1. The number of fused-ring (bicyclic) bond motifs is 2. The number of phenolic OH excluding ortho intramolecular Hbond substituents is 4. The number of carbonyl (C=O) groups excluding carboxylic acids is 2. The van der Waals surface area contributed by atoms with Crippen LogP contribution in [0.2, 0.25) is 0 Å². The normalized spacial score (nSPS) is 18.4. The summed E-state index contributed by atoms with van der Waals surface area (Å²) in [6.07, 6.45) is 2.73. The Labute approximate surface area is 370 Å². The standard InChI is InChI=1S/C45H42O7.C10H16O/c1-3-51-41(29-15-7-5-8-16-29)27-37-31(33-19-11-13-21-39(33)46)23-25-35(44(37)49)43(48)36-26-24-32(34-20-12-14-22-40(34)47)38(45(36)50)28-42(52-4-2)30-17-9-6-10-18-30;1-9(2)7-4-5-10(9,3)8(11)6-7/h5-26,41-42,46-47,49-50H,3-4,27-28H2,1-2H3;7H,4-6H2,1-3H3. The molecule has 4 unspecified atom stereocenters. The topological polar surface area (TPSA) is 134 Å². The van der Waals surface area contributed by atoms with Crippen LogP contribution in [-0.4, -0.2) is 45.2 Å². The van der Waals surface area contributed by atoms with E-state index in [1.165, 1.54) is 18.6 Å². The Balaban J connectivity index is 0.000000467. The van der Waals surface area contributed by atoms with Crippen LogP contribution in [-0.2, 0) is 27.1 Å². The molecule has 8 nitrogen and oxygen atoms in total. The fourth-order valence-electron chi connectivity index (χ4n) is 9.66. The molecule has 0 heterocycles. The molecular formula is C55H58O8. The number of rotatable bonds is 14. The Kier molecular flexibility index (Phi) is 13.5. The van der Waals surface area contributed by atoms with Crippen molar-refractivity contribution in [3.8, 4) is 45.3 Å². The molecule has 0 spiro atoms. The minimum atomic E-state index is -0.592. The summed E-state index contributed by atoms with van der Waals surface area (Å²) >= 11 is 0. The van der Waals surface area contributed by atoms with Crippen LogP contribution in [0.25, 0.3) is 22.3 Å². The molecule has 6 aromatic rings. The van der Waals surface area contributed by atoms with Crippen molar-refractivity contribution >= 4 is 11.6 Å². The van der Waals surface area contributed by atoms with Gasteiger partial charge in [-0.25, -0.2) is 0 Å². The van der Waals surface area contributed by atoms with Crippen LogP contribution in [0, 0.1) is 16.7 Å². The number of benzene rings is 6. The first-order valence-electron chi connectivity index (χ1n) is 22.0. The minimum absolute atomic E-state index is 0.0153. The maximum Gasteiger partial charge on any atom is 0.200 e. The Morgan fingerprint density at radius 1 is 0.587 bits per heavy atom. The molecule has 2 aliphatic rings. The van der Waals surface area contributed by atoms with E-state index in [4.69, 9.17) is 9.47 Å². The zero-order valence-corrected chi connectivity index (χ0v) is 36.8. The fraction of sp³-hybridized carbons (Fsp3) is 0.309. The van der Waals surface area contributed by atoms with Gasteiger partial charge >= 0.3 is 0 Å². The van der Waals surface area contributed by atoms with E-state index in [0.717, 1.165) is 24.0 Å². The van der Waals surface area contributed by atoms with Gasteiger partial charge in [-0.3, -0.25) is 9.59 Å². The molecule has 8 heteroatoms. The number of hydrogen-bond donors (Lipinski definition) is 4. The first kappa shape index (κ1) is 44.8. The minimum Gasteiger partial charge on any atom is -0.507 e. The molecule has 0 saturated heterocycles. The molecule has 0 amide bonds. The molecule has 2 aliphatic carbocycles. The molecule has 2 bridgehead atoms. The first-order chi connectivity index (χ1) is 30.3. The van der Waals surface area contributed by atoms with E-state index in [0.29, 0.717) is 58.3 Å². The number of hydrogen-bond acceptors (Lipinski definition) is 8. The lowest BCUT2D eigenvalue weighted by molar-refractivity contribution is -0.128. The number of aromatic hydroxyl groups is 4. The maximum absolute atomic E-state index is 14.5. The Bertz CT molecular complexity index is 2410. The molecule has 2 fully saturated rings. The van der Waals surface area contributed by atoms with Crippen molar-refractivity contribution in [3.63, 3.8) is 0 Å². The van der Waals surface area contributed by atoms with Crippen LogP contribution in [0.1, 0.15) is 104 Å². The van der Waals surface area contributed by atoms with E-state index in [2.05, 4.69) is 20.8 Å². The molecule has 63 heavy (non-hydrogen) atoms. The molecule has 2 saturated carbocycles. The number of phenols is 4. The second-order valence-electron chi connectivity index (χ2n) is 17.4. The highest BCUT2D eigenvalue weighted by Gasteiger charge is 2.61. The van der Waals surface area contributed by atoms with E-state index < -0.39 is 18.0 Å². The molecule has 4 atom stereocenters.